The van der Waals surface area contributed by atoms with Crippen molar-refractivity contribution < 1.29 is 9.59 Å². The summed E-state index contributed by atoms with van der Waals surface area (Å²) in [5.41, 5.74) is 1.38. The number of hydrogen-bond acceptors (Lipinski definition) is 2. The van der Waals surface area contributed by atoms with Crippen LogP contribution in [0.3, 0.4) is 0 Å². The quantitative estimate of drug-likeness (QED) is 0.862. The van der Waals surface area contributed by atoms with E-state index in [2.05, 4.69) is 10.6 Å². The molecule has 0 saturated heterocycles. The smallest absolute Gasteiger partial charge is 0.225 e. The summed E-state index contributed by atoms with van der Waals surface area (Å²) < 4.78 is 0. The van der Waals surface area contributed by atoms with Gasteiger partial charge in [0.05, 0.1) is 0 Å². The van der Waals surface area contributed by atoms with Gasteiger partial charge in [0.2, 0.25) is 11.8 Å². The van der Waals surface area contributed by atoms with E-state index in [4.69, 9.17) is 0 Å². The van der Waals surface area contributed by atoms with Crippen molar-refractivity contribution >= 4 is 17.5 Å². The molecule has 0 unspecified atom stereocenters. The molecular weight excluding hydrogens is 228 g/mol. The number of nitrogens with one attached hydrogen (secondary N) is 2. The molecule has 0 bridgehead atoms. The van der Waals surface area contributed by atoms with E-state index in [-0.39, 0.29) is 17.2 Å². The Hall–Kier alpha value is -1.84. The summed E-state index contributed by atoms with van der Waals surface area (Å²) >= 11 is 0. The van der Waals surface area contributed by atoms with E-state index >= 15 is 0 Å². The molecule has 0 atom stereocenters. The molecule has 0 aliphatic heterocycles. The molecule has 18 heavy (non-hydrogen) atoms. The van der Waals surface area contributed by atoms with Gasteiger partial charge in [0.1, 0.15) is 0 Å². The van der Waals surface area contributed by atoms with Gasteiger partial charge in [-0.15, -0.1) is 0 Å². The average Bonchev–Trinajstić information content (AvgIpc) is 2.25. The number of amides is 2. The summed E-state index contributed by atoms with van der Waals surface area (Å²) in [5.74, 6) is -0.0720. The van der Waals surface area contributed by atoms with E-state index in [9.17, 15) is 9.59 Å². The highest BCUT2D eigenvalue weighted by atomic mass is 16.2. The fraction of sp³-hybridized carbons (Fsp3) is 0.429. The first-order valence-corrected chi connectivity index (χ1v) is 5.94. The first-order chi connectivity index (χ1) is 8.29. The maximum absolute atomic E-state index is 11.7. The molecular formula is C14H20N2O2. The molecule has 2 N–H and O–H groups in total. The van der Waals surface area contributed by atoms with Crippen LogP contribution in [0, 0.1) is 5.41 Å². The molecule has 0 saturated carbocycles. The third-order valence-electron chi connectivity index (χ3n) is 2.41. The van der Waals surface area contributed by atoms with Crippen LogP contribution < -0.4 is 10.6 Å². The highest BCUT2D eigenvalue weighted by Crippen LogP contribution is 2.14. The molecule has 1 aromatic carbocycles. The second-order valence-corrected chi connectivity index (χ2v) is 5.31. The van der Waals surface area contributed by atoms with Crippen molar-refractivity contribution in [1.29, 1.82) is 0 Å². The van der Waals surface area contributed by atoms with Crippen LogP contribution in [0.25, 0.3) is 0 Å². The van der Waals surface area contributed by atoms with Gasteiger partial charge in [-0.25, -0.2) is 0 Å². The Kier molecular flexibility index (Phi) is 4.48. The Morgan fingerprint density at radius 3 is 2.11 bits per heavy atom. The minimum Gasteiger partial charge on any atom is -0.352 e. The number of hydrogen-bond donors (Lipinski definition) is 2. The van der Waals surface area contributed by atoms with Crippen LogP contribution in [0.1, 0.15) is 33.3 Å². The largest absolute Gasteiger partial charge is 0.352 e. The molecule has 2 amide bonds. The van der Waals surface area contributed by atoms with Gasteiger partial charge in [-0.05, 0) is 17.7 Å². The number of rotatable bonds is 3. The van der Waals surface area contributed by atoms with Crippen LogP contribution in [0.15, 0.2) is 24.3 Å². The molecule has 0 fully saturated rings. The standard InChI is InChI=1S/C14H20N2O2/c1-10(17)16-12-7-5-11(6-8-12)9-15-13(18)14(2,3)4/h5-8H,9H2,1-4H3,(H,15,18)(H,16,17). The predicted molar refractivity (Wildman–Crippen MR) is 72.0 cm³/mol. The molecule has 4 nitrogen and oxygen atoms in total. The van der Waals surface area contributed by atoms with E-state index in [1.165, 1.54) is 6.92 Å². The van der Waals surface area contributed by atoms with E-state index in [0.717, 1.165) is 11.3 Å². The normalized spacial score (nSPS) is 10.9. The lowest BCUT2D eigenvalue weighted by Crippen LogP contribution is -2.34. The van der Waals surface area contributed by atoms with E-state index in [1.807, 2.05) is 45.0 Å². The van der Waals surface area contributed by atoms with Crippen molar-refractivity contribution in [3.8, 4) is 0 Å². The van der Waals surface area contributed by atoms with Gasteiger partial charge in [0.25, 0.3) is 0 Å². The van der Waals surface area contributed by atoms with Crippen molar-refractivity contribution in [2.75, 3.05) is 5.32 Å². The van der Waals surface area contributed by atoms with Crippen LogP contribution in [0.5, 0.6) is 0 Å². The minimum absolute atomic E-state index is 0.0217. The van der Waals surface area contributed by atoms with E-state index < -0.39 is 0 Å². The van der Waals surface area contributed by atoms with Crippen LogP contribution >= 0.6 is 0 Å². The van der Waals surface area contributed by atoms with Gasteiger partial charge >= 0.3 is 0 Å². The lowest BCUT2D eigenvalue weighted by molar-refractivity contribution is -0.128. The Labute approximate surface area is 108 Å². The first-order valence-electron chi connectivity index (χ1n) is 5.94. The van der Waals surface area contributed by atoms with Crippen molar-refractivity contribution in [1.82, 2.24) is 5.32 Å². The third kappa shape index (κ3) is 4.57. The molecule has 98 valence electrons. The van der Waals surface area contributed by atoms with Gasteiger partial charge in [-0.2, -0.15) is 0 Å². The molecule has 1 rings (SSSR count). The molecule has 0 aromatic heterocycles. The first kappa shape index (κ1) is 14.2. The Balaban J connectivity index is 2.54. The molecule has 0 aliphatic carbocycles. The zero-order valence-electron chi connectivity index (χ0n) is 11.3. The number of carbonyl (C=O) groups is 2. The summed E-state index contributed by atoms with van der Waals surface area (Å²) in [7, 11) is 0. The summed E-state index contributed by atoms with van der Waals surface area (Å²) in [6.07, 6.45) is 0. The van der Waals surface area contributed by atoms with Gasteiger partial charge in [0.15, 0.2) is 0 Å². The summed E-state index contributed by atoms with van der Waals surface area (Å²) in [6, 6.07) is 7.41. The molecule has 0 aliphatic rings. The van der Waals surface area contributed by atoms with Crippen LogP contribution in [0.2, 0.25) is 0 Å². The second kappa shape index (κ2) is 5.67. The topological polar surface area (TPSA) is 58.2 Å². The van der Waals surface area contributed by atoms with Crippen LogP contribution in [-0.2, 0) is 16.1 Å². The van der Waals surface area contributed by atoms with Gasteiger partial charge < -0.3 is 10.6 Å². The van der Waals surface area contributed by atoms with Crippen molar-refractivity contribution in [3.05, 3.63) is 29.8 Å². The van der Waals surface area contributed by atoms with Crippen molar-refractivity contribution in [2.24, 2.45) is 5.41 Å². The minimum atomic E-state index is -0.379. The Bertz CT molecular complexity index is 430. The lowest BCUT2D eigenvalue weighted by atomic mass is 9.95. The lowest BCUT2D eigenvalue weighted by Gasteiger charge is -2.17. The Morgan fingerprint density at radius 2 is 1.67 bits per heavy atom. The summed E-state index contributed by atoms with van der Waals surface area (Å²) in [5, 5.41) is 5.57. The maximum atomic E-state index is 11.7. The van der Waals surface area contributed by atoms with Crippen molar-refractivity contribution in [2.45, 2.75) is 34.2 Å². The fourth-order valence-corrected chi connectivity index (χ4v) is 1.36. The van der Waals surface area contributed by atoms with E-state index in [0.29, 0.717) is 6.54 Å². The number of benzene rings is 1. The maximum Gasteiger partial charge on any atom is 0.225 e. The summed E-state index contributed by atoms with van der Waals surface area (Å²) in [6.45, 7) is 7.60. The summed E-state index contributed by atoms with van der Waals surface area (Å²) in [4.78, 5) is 22.5. The molecule has 1 aromatic rings. The molecule has 4 heteroatoms. The van der Waals surface area contributed by atoms with E-state index in [1.54, 1.807) is 0 Å². The predicted octanol–water partition coefficient (Wildman–Crippen LogP) is 2.31. The van der Waals surface area contributed by atoms with Gasteiger partial charge in [-0.3, -0.25) is 9.59 Å². The van der Waals surface area contributed by atoms with Crippen LogP contribution in [0.4, 0.5) is 5.69 Å². The second-order valence-electron chi connectivity index (χ2n) is 5.31. The highest BCUT2D eigenvalue weighted by Gasteiger charge is 2.20. The zero-order valence-corrected chi connectivity index (χ0v) is 11.3. The zero-order chi connectivity index (χ0) is 13.8. The third-order valence-corrected chi connectivity index (χ3v) is 2.41. The molecule has 0 heterocycles. The average molecular weight is 248 g/mol. The van der Waals surface area contributed by atoms with Crippen LogP contribution in [-0.4, -0.2) is 11.8 Å². The molecule has 0 spiro atoms. The highest BCUT2D eigenvalue weighted by molar-refractivity contribution is 5.88. The van der Waals surface area contributed by atoms with Crippen molar-refractivity contribution in [3.63, 3.8) is 0 Å². The monoisotopic (exact) mass is 248 g/mol. The fourth-order valence-electron chi connectivity index (χ4n) is 1.36. The SMILES string of the molecule is CC(=O)Nc1ccc(CNC(=O)C(C)(C)C)cc1. The van der Waals surface area contributed by atoms with Gasteiger partial charge in [-0.1, -0.05) is 32.9 Å². The van der Waals surface area contributed by atoms with Gasteiger partial charge in [0, 0.05) is 24.6 Å². The number of anilines is 1. The molecule has 0 radical (unpaired) electrons. The number of carbonyl (C=O) groups excluding carboxylic acids is 2. The Morgan fingerprint density at radius 1 is 1.11 bits per heavy atom.